The van der Waals surface area contributed by atoms with Gasteiger partial charge in [-0.05, 0) is 24.6 Å². The number of hydrogen-bond donors (Lipinski definition) is 0. The van der Waals surface area contributed by atoms with Crippen molar-refractivity contribution < 1.29 is 0 Å². The van der Waals surface area contributed by atoms with E-state index in [1.165, 1.54) is 0 Å². The predicted molar refractivity (Wildman–Crippen MR) is 45.7 cm³/mol. The molecule has 2 rings (SSSR count). The highest BCUT2D eigenvalue weighted by Gasteiger charge is 2.19. The Hall–Kier alpha value is -0.610. The zero-order chi connectivity index (χ0) is 8.39. The summed E-state index contributed by atoms with van der Waals surface area (Å²) in [5.41, 5.74) is 0. The molecule has 5 heteroatoms. The monoisotopic (exact) mass is 186 g/mol. The second-order valence-electron chi connectivity index (χ2n) is 3.05. The summed E-state index contributed by atoms with van der Waals surface area (Å²) in [7, 11) is 0. The van der Waals surface area contributed by atoms with Crippen molar-refractivity contribution in [3.63, 3.8) is 0 Å². The van der Waals surface area contributed by atoms with Crippen LogP contribution < -0.4 is 0 Å². The van der Waals surface area contributed by atoms with E-state index in [9.17, 15) is 0 Å². The van der Waals surface area contributed by atoms with Crippen molar-refractivity contribution in [1.82, 2.24) is 19.4 Å². The summed E-state index contributed by atoms with van der Waals surface area (Å²) < 4.78 is 3.70. The van der Waals surface area contributed by atoms with Crippen LogP contribution in [0.3, 0.4) is 0 Å². The first kappa shape index (κ1) is 8.01. The number of rotatable bonds is 1. The minimum Gasteiger partial charge on any atom is -0.248 e. The molecule has 1 aromatic rings. The van der Waals surface area contributed by atoms with Gasteiger partial charge in [0.25, 0.3) is 0 Å². The third-order valence-corrected chi connectivity index (χ3v) is 2.47. The maximum Gasteiger partial charge on any atom is 0.0693 e. The van der Waals surface area contributed by atoms with Gasteiger partial charge in [-0.3, -0.25) is 0 Å². The van der Waals surface area contributed by atoms with Gasteiger partial charge in [-0.2, -0.15) is 0 Å². The Kier molecular flexibility index (Phi) is 2.28. The molecule has 0 aromatic carbocycles. The lowest BCUT2D eigenvalue weighted by molar-refractivity contribution is 0.259. The third-order valence-electron chi connectivity index (χ3n) is 2.16. The molecule has 4 nitrogen and oxygen atoms in total. The van der Waals surface area contributed by atoms with Gasteiger partial charge >= 0.3 is 0 Å². The Labute approximate surface area is 76.2 Å². The van der Waals surface area contributed by atoms with Crippen LogP contribution in [0, 0.1) is 0 Å². The average Bonchev–Trinajstić information content (AvgIpc) is 2.56. The molecule has 0 radical (unpaired) electrons. The average molecular weight is 187 g/mol. The lowest BCUT2D eigenvalue weighted by Crippen LogP contribution is -2.30. The molecule has 1 saturated heterocycles. The van der Waals surface area contributed by atoms with Crippen molar-refractivity contribution in [2.75, 3.05) is 13.1 Å². The maximum absolute atomic E-state index is 5.90. The van der Waals surface area contributed by atoms with Crippen molar-refractivity contribution in [2.24, 2.45) is 0 Å². The van der Waals surface area contributed by atoms with Crippen LogP contribution in [0.1, 0.15) is 18.9 Å². The Balaban J connectivity index is 2.04. The van der Waals surface area contributed by atoms with Crippen molar-refractivity contribution in [1.29, 1.82) is 0 Å². The van der Waals surface area contributed by atoms with Crippen LogP contribution >= 0.6 is 11.8 Å². The molecule has 0 bridgehead atoms. The topological polar surface area (TPSA) is 34.0 Å². The first-order chi connectivity index (χ1) is 5.86. The summed E-state index contributed by atoms with van der Waals surface area (Å²) in [5, 5.41) is 7.73. The Morgan fingerprint density at radius 3 is 3.08 bits per heavy atom. The standard InChI is InChI=1S/C7H11ClN4/c8-11-4-1-2-7(6-11)12-5-3-9-10-12/h3,5,7H,1-2,4,6H2. The predicted octanol–water partition coefficient (Wildman–Crippen LogP) is 1.07. The van der Waals surface area contributed by atoms with Gasteiger partial charge in [0.05, 0.1) is 12.2 Å². The van der Waals surface area contributed by atoms with E-state index in [4.69, 9.17) is 11.8 Å². The summed E-state index contributed by atoms with van der Waals surface area (Å²) in [5.74, 6) is 0. The van der Waals surface area contributed by atoms with E-state index < -0.39 is 0 Å². The van der Waals surface area contributed by atoms with E-state index in [0.29, 0.717) is 6.04 Å². The molecule has 1 fully saturated rings. The molecule has 12 heavy (non-hydrogen) atoms. The molecule has 0 N–H and O–H groups in total. The molecule has 0 amide bonds. The Morgan fingerprint density at radius 1 is 1.50 bits per heavy atom. The molecule has 1 aliphatic heterocycles. The maximum atomic E-state index is 5.90. The molecule has 1 aromatic heterocycles. The van der Waals surface area contributed by atoms with Gasteiger partial charge in [0, 0.05) is 19.3 Å². The summed E-state index contributed by atoms with van der Waals surface area (Å²) in [6.45, 7) is 1.84. The minimum absolute atomic E-state index is 0.402. The van der Waals surface area contributed by atoms with Gasteiger partial charge in [0.15, 0.2) is 0 Å². The van der Waals surface area contributed by atoms with E-state index in [-0.39, 0.29) is 0 Å². The van der Waals surface area contributed by atoms with Crippen LogP contribution in [0.4, 0.5) is 0 Å². The first-order valence-corrected chi connectivity index (χ1v) is 4.46. The number of piperidine rings is 1. The zero-order valence-corrected chi connectivity index (χ0v) is 7.48. The number of nitrogens with zero attached hydrogens (tertiary/aromatic N) is 4. The van der Waals surface area contributed by atoms with Crippen molar-refractivity contribution in [3.05, 3.63) is 12.4 Å². The van der Waals surface area contributed by atoms with Gasteiger partial charge in [-0.1, -0.05) is 5.21 Å². The minimum atomic E-state index is 0.402. The molecule has 1 atom stereocenters. The molecule has 66 valence electrons. The molecule has 0 aliphatic carbocycles. The second kappa shape index (κ2) is 3.41. The molecular formula is C7H11ClN4. The van der Waals surface area contributed by atoms with E-state index in [0.717, 1.165) is 25.9 Å². The van der Waals surface area contributed by atoms with Gasteiger partial charge in [0.2, 0.25) is 0 Å². The molecule has 1 aliphatic rings. The lowest BCUT2D eigenvalue weighted by Gasteiger charge is -2.27. The quantitative estimate of drug-likeness (QED) is 0.616. The third kappa shape index (κ3) is 1.59. The molecule has 2 heterocycles. The summed E-state index contributed by atoms with van der Waals surface area (Å²) >= 11 is 5.90. The highest BCUT2D eigenvalue weighted by atomic mass is 35.5. The van der Waals surface area contributed by atoms with Gasteiger partial charge in [0.1, 0.15) is 0 Å². The van der Waals surface area contributed by atoms with Gasteiger partial charge in [-0.25, -0.2) is 9.10 Å². The largest absolute Gasteiger partial charge is 0.248 e. The fourth-order valence-electron chi connectivity index (χ4n) is 1.54. The van der Waals surface area contributed by atoms with Crippen LogP contribution in [0.15, 0.2) is 12.4 Å². The summed E-state index contributed by atoms with van der Waals surface area (Å²) in [4.78, 5) is 0. The van der Waals surface area contributed by atoms with Crippen LogP contribution in [0.2, 0.25) is 0 Å². The van der Waals surface area contributed by atoms with Crippen LogP contribution in [-0.4, -0.2) is 32.5 Å². The highest BCUT2D eigenvalue weighted by molar-refractivity contribution is 6.13. The van der Waals surface area contributed by atoms with Gasteiger partial charge in [-0.15, -0.1) is 5.10 Å². The van der Waals surface area contributed by atoms with E-state index in [2.05, 4.69) is 10.3 Å². The normalized spacial score (nSPS) is 25.9. The second-order valence-corrected chi connectivity index (χ2v) is 3.53. The van der Waals surface area contributed by atoms with Crippen molar-refractivity contribution in [3.8, 4) is 0 Å². The van der Waals surface area contributed by atoms with E-state index in [1.807, 2.05) is 15.3 Å². The number of hydrogen-bond acceptors (Lipinski definition) is 3. The highest BCUT2D eigenvalue weighted by Crippen LogP contribution is 2.20. The SMILES string of the molecule is ClN1CCCC(n2ccnn2)C1. The van der Waals surface area contributed by atoms with Crippen LogP contribution in [0.5, 0.6) is 0 Å². The summed E-state index contributed by atoms with van der Waals surface area (Å²) in [6.07, 6.45) is 5.87. The molecule has 1 unspecified atom stereocenters. The fraction of sp³-hybridized carbons (Fsp3) is 0.714. The fourth-order valence-corrected chi connectivity index (χ4v) is 1.82. The molecular weight excluding hydrogens is 176 g/mol. The number of aromatic nitrogens is 3. The van der Waals surface area contributed by atoms with Crippen LogP contribution in [0.25, 0.3) is 0 Å². The zero-order valence-electron chi connectivity index (χ0n) is 6.73. The summed E-state index contributed by atoms with van der Waals surface area (Å²) in [6, 6.07) is 0.402. The number of halogens is 1. The van der Waals surface area contributed by atoms with Gasteiger partial charge < -0.3 is 0 Å². The van der Waals surface area contributed by atoms with Crippen molar-refractivity contribution >= 4 is 11.8 Å². The molecule has 0 spiro atoms. The molecule has 0 saturated carbocycles. The lowest BCUT2D eigenvalue weighted by atomic mass is 10.1. The van der Waals surface area contributed by atoms with E-state index in [1.54, 1.807) is 6.20 Å². The Morgan fingerprint density at radius 2 is 2.42 bits per heavy atom. The Bertz CT molecular complexity index is 236. The first-order valence-electron chi connectivity index (χ1n) is 4.13. The smallest absolute Gasteiger partial charge is 0.0693 e. The van der Waals surface area contributed by atoms with E-state index >= 15 is 0 Å². The van der Waals surface area contributed by atoms with Crippen molar-refractivity contribution in [2.45, 2.75) is 18.9 Å². The van der Waals surface area contributed by atoms with Crippen LogP contribution in [-0.2, 0) is 0 Å².